The molecule has 0 aliphatic rings. The average molecular weight is 554 g/mol. The maximum atomic E-state index is 15.3. The molecule has 5 aromatic carbocycles. The minimum absolute atomic E-state index is 0.489. The number of benzene rings is 5. The molecule has 0 bridgehead atoms. The van der Waals surface area contributed by atoms with Crippen LogP contribution in [0.3, 0.4) is 0 Å². The molecule has 0 saturated carbocycles. The summed E-state index contributed by atoms with van der Waals surface area (Å²) in [5.41, 5.74) is 2.92. The van der Waals surface area contributed by atoms with Gasteiger partial charge < -0.3 is 20.3 Å². The number of rotatable bonds is 11. The maximum absolute atomic E-state index is 15.3. The van der Waals surface area contributed by atoms with Crippen molar-refractivity contribution in [2.24, 2.45) is 0 Å². The molecule has 0 aromatic heterocycles. The summed E-state index contributed by atoms with van der Waals surface area (Å²) in [6.45, 7) is 0. The molecule has 196 valence electrons. The molecule has 9 heteroatoms. The average Bonchev–Trinajstić information content (AvgIpc) is 2.95. The normalized spacial score (nSPS) is 11.3. The van der Waals surface area contributed by atoms with Gasteiger partial charge in [-0.05, 0) is 60.7 Å². The third-order valence-corrected chi connectivity index (χ3v) is 11.0. The third-order valence-electron chi connectivity index (χ3n) is 5.74. The molecule has 5 rings (SSSR count). The Labute approximate surface area is 229 Å². The van der Waals surface area contributed by atoms with E-state index in [0.717, 1.165) is 0 Å². The van der Waals surface area contributed by atoms with Gasteiger partial charge in [-0.15, -0.1) is 0 Å². The van der Waals surface area contributed by atoms with E-state index in [1.54, 1.807) is 12.1 Å². The zero-order valence-electron chi connectivity index (χ0n) is 21.1. The van der Waals surface area contributed by atoms with Crippen LogP contribution in [0.5, 0.6) is 0 Å². The molecule has 0 radical (unpaired) electrons. The highest BCUT2D eigenvalue weighted by molar-refractivity contribution is 7.85. The summed E-state index contributed by atoms with van der Waals surface area (Å²) in [6, 6.07) is 46.0. The van der Waals surface area contributed by atoms with Gasteiger partial charge in [-0.3, -0.25) is 0 Å². The van der Waals surface area contributed by atoms with E-state index in [4.69, 9.17) is 0 Å². The van der Waals surface area contributed by atoms with Gasteiger partial charge in [0.05, 0.1) is 5.69 Å². The van der Waals surface area contributed by atoms with Crippen LogP contribution in [0.25, 0.3) is 0 Å². The number of hydrogen-bond donors (Lipinski definition) is 4. The van der Waals surface area contributed by atoms with Crippen molar-refractivity contribution >= 4 is 43.6 Å². The van der Waals surface area contributed by atoms with Gasteiger partial charge in [-0.1, -0.05) is 91.0 Å². The molecule has 0 amide bonds. The van der Waals surface area contributed by atoms with Gasteiger partial charge >= 0.3 is 15.2 Å². The first-order valence-electron chi connectivity index (χ1n) is 12.4. The van der Waals surface area contributed by atoms with Crippen molar-refractivity contribution in [1.29, 1.82) is 0 Å². The molecule has 0 heterocycles. The molecule has 0 unspecified atom stereocenters. The Morgan fingerprint density at radius 3 is 0.846 bits per heavy atom. The zero-order chi connectivity index (χ0) is 27.0. The number of hydrogen-bond acceptors (Lipinski definition) is 2. The van der Waals surface area contributed by atoms with Crippen LogP contribution in [0.15, 0.2) is 152 Å². The maximum Gasteiger partial charge on any atom is 0.363 e. The van der Waals surface area contributed by atoms with Crippen LogP contribution >= 0.6 is 15.2 Å². The van der Waals surface area contributed by atoms with Crippen molar-refractivity contribution in [3.8, 4) is 0 Å². The first-order chi connectivity index (χ1) is 19.0. The van der Waals surface area contributed by atoms with Crippen LogP contribution < -0.4 is 24.8 Å². The van der Waals surface area contributed by atoms with E-state index in [1.807, 2.05) is 140 Å². The Balaban J connectivity index is 1.71. The number of nitrogens with zero attached hydrogens (tertiary/aromatic N) is 1. The number of nitrogens with one attached hydrogen (secondary N) is 4. The van der Waals surface area contributed by atoms with Gasteiger partial charge in [-0.2, -0.15) is 0 Å². The highest BCUT2D eigenvalue weighted by Crippen LogP contribution is 2.66. The predicted molar refractivity (Wildman–Crippen MR) is 164 cm³/mol. The molecule has 0 aliphatic heterocycles. The Bertz CT molecular complexity index is 1370. The second kappa shape index (κ2) is 12.0. The van der Waals surface area contributed by atoms with Gasteiger partial charge in [0.25, 0.3) is 0 Å². The highest BCUT2D eigenvalue weighted by atomic mass is 31.2. The molecule has 0 spiro atoms. The summed E-state index contributed by atoms with van der Waals surface area (Å²) in [4.78, 5) is 0. The van der Waals surface area contributed by atoms with Crippen molar-refractivity contribution in [3.05, 3.63) is 152 Å². The standard InChI is InChI=1S/C30H29N5O2P2/c36-38(31-26-16-6-1-7-17-26,32-27-18-8-2-9-19-27)35(30-24-14-5-15-25-30)39(37,33-28-20-10-3-11-21-28)34-29-22-12-4-13-23-29/h1-25H,(H2,31,32,36)(H2,33,34,37). The van der Waals surface area contributed by atoms with Gasteiger partial charge in [0.1, 0.15) is 0 Å². The van der Waals surface area contributed by atoms with Gasteiger partial charge in [0, 0.05) is 22.7 Å². The van der Waals surface area contributed by atoms with Gasteiger partial charge in [-0.25, -0.2) is 13.6 Å². The number of anilines is 5. The van der Waals surface area contributed by atoms with Crippen molar-refractivity contribution < 1.29 is 9.13 Å². The van der Waals surface area contributed by atoms with E-state index in [2.05, 4.69) is 20.3 Å². The van der Waals surface area contributed by atoms with Crippen molar-refractivity contribution in [2.45, 2.75) is 0 Å². The fourth-order valence-corrected chi connectivity index (χ4v) is 9.42. The molecule has 0 fully saturated rings. The largest absolute Gasteiger partial charge is 0.363 e. The molecular weight excluding hydrogens is 524 g/mol. The summed E-state index contributed by atoms with van der Waals surface area (Å²) in [5.74, 6) is 0. The minimum atomic E-state index is -3.95. The van der Waals surface area contributed by atoms with E-state index in [1.165, 1.54) is 4.44 Å². The summed E-state index contributed by atoms with van der Waals surface area (Å²) in [5, 5.41) is 12.8. The second-order valence-corrected chi connectivity index (χ2v) is 13.0. The Kier molecular flexibility index (Phi) is 8.02. The van der Waals surface area contributed by atoms with E-state index in [9.17, 15) is 0 Å². The quantitative estimate of drug-likeness (QED) is 0.121. The zero-order valence-corrected chi connectivity index (χ0v) is 22.9. The Morgan fingerprint density at radius 2 is 0.590 bits per heavy atom. The SMILES string of the molecule is O=P(Nc1ccccc1)(Nc1ccccc1)N(c1ccccc1)P(=O)(Nc1ccccc1)Nc1ccccc1. The topological polar surface area (TPSA) is 85.5 Å². The van der Waals surface area contributed by atoms with Crippen LogP contribution in [0.4, 0.5) is 28.4 Å². The molecule has 5 aromatic rings. The van der Waals surface area contributed by atoms with Gasteiger partial charge in [0.2, 0.25) is 0 Å². The van der Waals surface area contributed by atoms with E-state index in [0.29, 0.717) is 28.4 Å². The molecule has 0 saturated heterocycles. The second-order valence-electron chi connectivity index (χ2n) is 8.69. The third kappa shape index (κ3) is 6.53. The predicted octanol–water partition coefficient (Wildman–Crippen LogP) is 9.16. The van der Waals surface area contributed by atoms with E-state index in [-0.39, 0.29) is 0 Å². The lowest BCUT2D eigenvalue weighted by Gasteiger charge is -2.40. The van der Waals surface area contributed by atoms with E-state index < -0.39 is 15.2 Å². The summed E-state index contributed by atoms with van der Waals surface area (Å²) in [7, 11) is -7.89. The lowest BCUT2D eigenvalue weighted by atomic mass is 10.3. The smallest absolute Gasteiger partial charge is 0.304 e. The number of para-hydroxylation sites is 5. The van der Waals surface area contributed by atoms with E-state index >= 15 is 9.13 Å². The van der Waals surface area contributed by atoms with Crippen LogP contribution in [0, 0.1) is 0 Å². The fraction of sp³-hybridized carbons (Fsp3) is 0. The van der Waals surface area contributed by atoms with Crippen molar-refractivity contribution in [2.75, 3.05) is 24.8 Å². The minimum Gasteiger partial charge on any atom is -0.304 e. The summed E-state index contributed by atoms with van der Waals surface area (Å²) >= 11 is 0. The Morgan fingerprint density at radius 1 is 0.359 bits per heavy atom. The Hall–Kier alpha value is -4.44. The fourth-order valence-electron chi connectivity index (χ4n) is 4.06. The van der Waals surface area contributed by atoms with Crippen LogP contribution in [0.1, 0.15) is 0 Å². The first kappa shape index (κ1) is 26.2. The summed E-state index contributed by atoms with van der Waals surface area (Å²) in [6.07, 6.45) is 0. The monoisotopic (exact) mass is 553 g/mol. The summed E-state index contributed by atoms with van der Waals surface area (Å²) < 4.78 is 32.1. The lowest BCUT2D eigenvalue weighted by molar-refractivity contribution is 0.573. The first-order valence-corrected chi connectivity index (χ1v) is 15.8. The molecule has 4 N–H and O–H groups in total. The van der Waals surface area contributed by atoms with Crippen LogP contribution in [0.2, 0.25) is 0 Å². The molecule has 7 nitrogen and oxygen atoms in total. The van der Waals surface area contributed by atoms with Crippen LogP contribution in [-0.2, 0) is 9.13 Å². The molecule has 0 aliphatic carbocycles. The molecular formula is C30H29N5O2P2. The molecule has 0 atom stereocenters. The lowest BCUT2D eigenvalue weighted by Crippen LogP contribution is -2.31. The van der Waals surface area contributed by atoms with Crippen molar-refractivity contribution in [1.82, 2.24) is 0 Å². The van der Waals surface area contributed by atoms with Gasteiger partial charge in [0.15, 0.2) is 0 Å². The highest BCUT2D eigenvalue weighted by Gasteiger charge is 2.45. The van der Waals surface area contributed by atoms with Crippen LogP contribution in [-0.4, -0.2) is 0 Å². The molecule has 39 heavy (non-hydrogen) atoms. The van der Waals surface area contributed by atoms with Crippen molar-refractivity contribution in [3.63, 3.8) is 0 Å².